The quantitative estimate of drug-likeness (QED) is 0.747. The Kier molecular flexibility index (Phi) is 5.46. The Labute approximate surface area is 184 Å². The molecule has 1 aromatic carbocycles. The zero-order valence-corrected chi connectivity index (χ0v) is 19.2. The van der Waals surface area contributed by atoms with Gasteiger partial charge in [-0.25, -0.2) is 0 Å². The number of hydrogen-bond acceptors (Lipinski definition) is 7. The summed E-state index contributed by atoms with van der Waals surface area (Å²) in [5.41, 5.74) is 5.15. The molecule has 2 N–H and O–H groups in total. The molecular formula is C21H24N4OS3. The number of carbonyl (C=O) groups excluding carboxylic acids is 1. The summed E-state index contributed by atoms with van der Waals surface area (Å²) in [7, 11) is 0. The van der Waals surface area contributed by atoms with Gasteiger partial charge in [0.2, 0.25) is 5.91 Å². The molecule has 0 aromatic heterocycles. The van der Waals surface area contributed by atoms with Crippen LogP contribution in [0.3, 0.4) is 0 Å². The molecule has 3 heterocycles. The zero-order valence-electron chi connectivity index (χ0n) is 16.7. The van der Waals surface area contributed by atoms with Gasteiger partial charge in [-0.05, 0) is 32.4 Å². The van der Waals surface area contributed by atoms with Crippen LogP contribution in [0.15, 0.2) is 51.4 Å². The summed E-state index contributed by atoms with van der Waals surface area (Å²) in [4.78, 5) is 26.5. The van der Waals surface area contributed by atoms with E-state index in [2.05, 4.69) is 43.1 Å². The number of benzene rings is 1. The molecule has 0 saturated heterocycles. The molecule has 5 nitrogen and oxygen atoms in total. The van der Waals surface area contributed by atoms with Gasteiger partial charge >= 0.3 is 0 Å². The Morgan fingerprint density at radius 2 is 1.52 bits per heavy atom. The zero-order chi connectivity index (χ0) is 20.7. The number of rotatable bonds is 5. The molecular weight excluding hydrogens is 420 g/mol. The first-order valence-electron chi connectivity index (χ1n) is 9.44. The van der Waals surface area contributed by atoms with Gasteiger partial charge in [0.25, 0.3) is 0 Å². The Hall–Kier alpha value is -1.51. The Bertz CT molecular complexity index is 958. The van der Waals surface area contributed by atoms with E-state index in [4.69, 9.17) is 15.7 Å². The van der Waals surface area contributed by atoms with Gasteiger partial charge in [0.1, 0.15) is 16.6 Å². The Balaban J connectivity index is 1.54. The van der Waals surface area contributed by atoms with E-state index in [1.807, 2.05) is 18.2 Å². The van der Waals surface area contributed by atoms with Crippen LogP contribution >= 0.6 is 35.3 Å². The van der Waals surface area contributed by atoms with Crippen LogP contribution < -0.4 is 5.73 Å². The third kappa shape index (κ3) is 4.07. The molecule has 1 amide bonds. The van der Waals surface area contributed by atoms with E-state index < -0.39 is 11.1 Å². The third-order valence-corrected chi connectivity index (χ3v) is 9.46. The lowest BCUT2D eigenvalue weighted by atomic mass is 10.0. The van der Waals surface area contributed by atoms with Gasteiger partial charge in [-0.1, -0.05) is 36.4 Å². The van der Waals surface area contributed by atoms with Crippen molar-refractivity contribution < 1.29 is 4.79 Å². The number of nitrogens with zero attached hydrogens (tertiary/aromatic N) is 3. The molecule has 3 aliphatic heterocycles. The van der Waals surface area contributed by atoms with Crippen molar-refractivity contribution in [2.45, 2.75) is 37.4 Å². The van der Waals surface area contributed by atoms with Gasteiger partial charge in [0, 0.05) is 17.3 Å². The second kappa shape index (κ2) is 7.63. The van der Waals surface area contributed by atoms with Crippen LogP contribution in [0.25, 0.3) is 6.08 Å². The largest absolute Gasteiger partial charge is 0.368 e. The summed E-state index contributed by atoms with van der Waals surface area (Å²) >= 11 is 5.12. The monoisotopic (exact) mass is 444 g/mol. The van der Waals surface area contributed by atoms with Gasteiger partial charge in [-0.15, -0.1) is 35.3 Å². The molecule has 0 unspecified atom stereocenters. The van der Waals surface area contributed by atoms with E-state index in [-0.39, 0.29) is 11.4 Å². The van der Waals surface area contributed by atoms with Crippen LogP contribution in [0, 0.1) is 0 Å². The predicted molar refractivity (Wildman–Crippen MR) is 130 cm³/mol. The summed E-state index contributed by atoms with van der Waals surface area (Å²) in [6, 6.07) is 10.2. The highest BCUT2D eigenvalue weighted by atomic mass is 32.2. The summed E-state index contributed by atoms with van der Waals surface area (Å²) in [6.07, 6.45) is 4.18. The van der Waals surface area contributed by atoms with Crippen molar-refractivity contribution in [3.63, 3.8) is 0 Å². The van der Waals surface area contributed by atoms with Crippen LogP contribution in [0.4, 0.5) is 0 Å². The fourth-order valence-electron chi connectivity index (χ4n) is 3.23. The average Bonchev–Trinajstić information content (AvgIpc) is 3.40. The number of hydrogen-bond donors (Lipinski definition) is 1. The highest BCUT2D eigenvalue weighted by Gasteiger charge is 2.48. The second-order valence-corrected chi connectivity index (χ2v) is 11.0. The number of amides is 1. The maximum atomic E-state index is 11.7. The lowest BCUT2D eigenvalue weighted by Crippen LogP contribution is -2.40. The molecule has 0 fully saturated rings. The number of primary amides is 1. The second-order valence-electron chi connectivity index (χ2n) is 8.08. The van der Waals surface area contributed by atoms with E-state index in [9.17, 15) is 4.79 Å². The van der Waals surface area contributed by atoms with Crippen LogP contribution in [-0.4, -0.2) is 54.9 Å². The van der Waals surface area contributed by atoms with Crippen molar-refractivity contribution in [2.24, 2.45) is 20.7 Å². The normalized spacial score (nSPS) is 34.4. The van der Waals surface area contributed by atoms with Crippen molar-refractivity contribution in [3.8, 4) is 0 Å². The molecule has 4 rings (SSSR count). The number of aliphatic imine (C=N–C) groups is 3. The van der Waals surface area contributed by atoms with Crippen LogP contribution in [0.1, 0.15) is 26.3 Å². The van der Waals surface area contributed by atoms with Gasteiger partial charge < -0.3 is 5.73 Å². The summed E-state index contributed by atoms with van der Waals surface area (Å²) in [6.45, 7) is 6.05. The van der Waals surface area contributed by atoms with E-state index in [1.165, 1.54) is 5.56 Å². The maximum absolute atomic E-state index is 11.7. The van der Waals surface area contributed by atoms with Crippen LogP contribution in [0.5, 0.6) is 0 Å². The van der Waals surface area contributed by atoms with Gasteiger partial charge in [-0.2, -0.15) is 0 Å². The minimum absolute atomic E-state index is 0.319. The highest BCUT2D eigenvalue weighted by molar-refractivity contribution is 8.17. The minimum atomic E-state index is -0.827. The van der Waals surface area contributed by atoms with E-state index in [1.54, 1.807) is 42.2 Å². The predicted octanol–water partition coefficient (Wildman–Crippen LogP) is 3.90. The molecule has 0 aliphatic carbocycles. The first-order chi connectivity index (χ1) is 13.7. The lowest BCUT2D eigenvalue weighted by molar-refractivity contribution is -0.121. The topological polar surface area (TPSA) is 80.2 Å². The first kappa shape index (κ1) is 20.8. The van der Waals surface area contributed by atoms with Crippen molar-refractivity contribution in [2.75, 3.05) is 17.3 Å². The SMILES string of the molecule is C[C@@]1(C(N)=O)CSC([C@]2(C)CSC([C@]3(C)CSC(/C=C/c4ccccc4)=N3)=N2)=N1. The molecule has 3 atom stereocenters. The molecule has 1 aromatic rings. The van der Waals surface area contributed by atoms with Crippen molar-refractivity contribution >= 4 is 62.4 Å². The smallest absolute Gasteiger partial charge is 0.245 e. The van der Waals surface area contributed by atoms with Crippen molar-refractivity contribution in [1.29, 1.82) is 0 Å². The molecule has 3 aliphatic rings. The molecule has 0 bridgehead atoms. The number of thioether (sulfide) groups is 3. The van der Waals surface area contributed by atoms with Gasteiger partial charge in [0.05, 0.1) is 15.1 Å². The van der Waals surface area contributed by atoms with Crippen molar-refractivity contribution in [1.82, 2.24) is 0 Å². The van der Waals surface area contributed by atoms with Crippen LogP contribution in [0.2, 0.25) is 0 Å². The first-order valence-corrected chi connectivity index (χ1v) is 12.4. The standard InChI is InChI=1S/C21H24N4OS3/c1-19(16(22)26)11-28-18(24-19)21(3)13-29-17(25-21)20(2)12-27-15(23-20)10-9-14-7-5-4-6-8-14/h4-10H,11-13H2,1-3H3,(H2,22,26)/b10-9+/t19-,20-,21-/m0/s1. The molecule has 0 radical (unpaired) electrons. The Morgan fingerprint density at radius 1 is 0.897 bits per heavy atom. The van der Waals surface area contributed by atoms with Crippen molar-refractivity contribution in [3.05, 3.63) is 42.0 Å². The summed E-state index contributed by atoms with van der Waals surface area (Å²) < 4.78 is 0. The van der Waals surface area contributed by atoms with Gasteiger partial charge in [-0.3, -0.25) is 19.8 Å². The fraction of sp³-hybridized carbons (Fsp3) is 0.429. The third-order valence-electron chi connectivity index (χ3n) is 5.20. The molecule has 29 heavy (non-hydrogen) atoms. The van der Waals surface area contributed by atoms with Crippen LogP contribution in [-0.2, 0) is 4.79 Å². The number of nitrogens with two attached hydrogens (primary N) is 1. The molecule has 0 spiro atoms. The van der Waals surface area contributed by atoms with Gasteiger partial charge in [0.15, 0.2) is 0 Å². The lowest BCUT2D eigenvalue weighted by Gasteiger charge is -2.20. The Morgan fingerprint density at radius 3 is 2.21 bits per heavy atom. The highest BCUT2D eigenvalue weighted by Crippen LogP contribution is 2.43. The minimum Gasteiger partial charge on any atom is -0.368 e. The summed E-state index contributed by atoms with van der Waals surface area (Å²) in [5.74, 6) is 1.90. The van der Waals surface area contributed by atoms with E-state index >= 15 is 0 Å². The molecule has 152 valence electrons. The molecule has 0 saturated carbocycles. The maximum Gasteiger partial charge on any atom is 0.245 e. The molecule has 8 heteroatoms. The summed E-state index contributed by atoms with van der Waals surface area (Å²) in [5, 5.41) is 2.98. The number of carbonyl (C=O) groups is 1. The van der Waals surface area contributed by atoms with E-state index in [0.717, 1.165) is 26.6 Å². The average molecular weight is 445 g/mol. The van der Waals surface area contributed by atoms with E-state index in [0.29, 0.717) is 5.75 Å². The fourth-order valence-corrected chi connectivity index (χ4v) is 7.11.